The lowest BCUT2D eigenvalue weighted by molar-refractivity contribution is -0.531. The lowest BCUT2D eigenvalue weighted by Crippen LogP contribution is -2.43. The third kappa shape index (κ3) is 6.50. The molecule has 5 heteroatoms. The number of rotatable bonds is 9. The fourth-order valence-electron chi connectivity index (χ4n) is 0.804. The number of aliphatic hydroxyl groups excluding tert-OH is 1. The second kappa shape index (κ2) is 7.71. The van der Waals surface area contributed by atoms with Gasteiger partial charge in [0.05, 0.1) is 6.10 Å². The lowest BCUT2D eigenvalue weighted by Gasteiger charge is -2.39. The summed E-state index contributed by atoms with van der Waals surface area (Å²) < 4.78 is 0. The van der Waals surface area contributed by atoms with Crippen LogP contribution in [0.5, 0.6) is 0 Å². The van der Waals surface area contributed by atoms with E-state index in [-0.39, 0.29) is 12.0 Å². The third-order valence-electron chi connectivity index (χ3n) is 3.84. The van der Waals surface area contributed by atoms with E-state index in [0.717, 1.165) is 0 Å². The highest BCUT2D eigenvalue weighted by Crippen LogP contribution is 2.34. The Bertz CT molecular complexity index is 272. The van der Waals surface area contributed by atoms with Crippen molar-refractivity contribution in [2.45, 2.75) is 85.7 Å². The van der Waals surface area contributed by atoms with Gasteiger partial charge in [-0.1, -0.05) is 34.6 Å². The fourth-order valence-corrected chi connectivity index (χ4v) is 0.804. The van der Waals surface area contributed by atoms with Crippen molar-refractivity contribution in [3.8, 4) is 0 Å². The second-order valence-corrected chi connectivity index (χ2v) is 6.84. The molecule has 5 nitrogen and oxygen atoms in total. The van der Waals surface area contributed by atoms with E-state index in [0.29, 0.717) is 12.8 Å². The van der Waals surface area contributed by atoms with Gasteiger partial charge in [-0.25, -0.2) is 9.78 Å². The highest BCUT2D eigenvalue weighted by Gasteiger charge is 2.38. The number of hydrogen-bond acceptors (Lipinski definition) is 5. The van der Waals surface area contributed by atoms with Crippen LogP contribution >= 0.6 is 0 Å². The molecule has 0 aromatic heterocycles. The molecule has 0 aliphatic carbocycles. The van der Waals surface area contributed by atoms with Gasteiger partial charge in [0.1, 0.15) is 12.2 Å². The molecule has 0 bridgehead atoms. The molecule has 1 N–H and O–H groups in total. The molecular weight excluding hydrogens is 260 g/mol. The Morgan fingerprint density at radius 1 is 0.900 bits per heavy atom. The molecule has 0 aromatic carbocycles. The van der Waals surface area contributed by atoms with Gasteiger partial charge in [0.15, 0.2) is 0 Å². The first kappa shape index (κ1) is 19.8. The molecule has 2 atom stereocenters. The van der Waals surface area contributed by atoms with Crippen molar-refractivity contribution < 1.29 is 24.7 Å². The van der Waals surface area contributed by atoms with Gasteiger partial charge in [-0.05, 0) is 32.6 Å². The van der Waals surface area contributed by atoms with Crippen LogP contribution in [0.4, 0.5) is 0 Å². The zero-order valence-corrected chi connectivity index (χ0v) is 14.3. The van der Waals surface area contributed by atoms with Crippen molar-refractivity contribution in [1.29, 1.82) is 0 Å². The minimum absolute atomic E-state index is 0.0824. The molecular formula is C15H32O5. The summed E-state index contributed by atoms with van der Waals surface area (Å²) >= 11 is 0. The normalized spacial score (nSPS) is 17.9. The van der Waals surface area contributed by atoms with Crippen LogP contribution < -0.4 is 0 Å². The predicted molar refractivity (Wildman–Crippen MR) is 77.7 cm³/mol. The summed E-state index contributed by atoms with van der Waals surface area (Å²) in [6.45, 7) is 15.8. The average molecular weight is 292 g/mol. The minimum Gasteiger partial charge on any atom is -0.391 e. The Morgan fingerprint density at radius 3 is 1.85 bits per heavy atom. The first-order valence-corrected chi connectivity index (χ1v) is 7.33. The summed E-state index contributed by atoms with van der Waals surface area (Å²) in [7, 11) is 0. The standard InChI is InChI=1S/C15H32O5/c1-9-12(16)11-17-19-15(8,10-2)20-18-14(6,7)13(3,4)5/h12,16H,9-11H2,1-8H3. The topological polar surface area (TPSA) is 57.2 Å². The summed E-state index contributed by atoms with van der Waals surface area (Å²) in [6.07, 6.45) is 0.624. The molecule has 0 saturated carbocycles. The van der Waals surface area contributed by atoms with Crippen LogP contribution in [-0.2, 0) is 19.6 Å². The summed E-state index contributed by atoms with van der Waals surface area (Å²) in [4.78, 5) is 21.3. The maximum absolute atomic E-state index is 9.42. The van der Waals surface area contributed by atoms with E-state index in [9.17, 15) is 5.11 Å². The van der Waals surface area contributed by atoms with Crippen LogP contribution in [0.1, 0.15) is 68.2 Å². The highest BCUT2D eigenvalue weighted by atomic mass is 17.3. The largest absolute Gasteiger partial charge is 0.391 e. The smallest absolute Gasteiger partial charge is 0.231 e. The van der Waals surface area contributed by atoms with Gasteiger partial charge < -0.3 is 5.11 Å². The van der Waals surface area contributed by atoms with Gasteiger partial charge in [0.2, 0.25) is 5.79 Å². The van der Waals surface area contributed by atoms with Gasteiger partial charge in [0.25, 0.3) is 0 Å². The Morgan fingerprint density at radius 2 is 1.45 bits per heavy atom. The number of aliphatic hydroxyl groups is 1. The van der Waals surface area contributed by atoms with Gasteiger partial charge in [-0.15, -0.1) is 0 Å². The predicted octanol–water partition coefficient (Wildman–Crippen LogP) is 3.60. The van der Waals surface area contributed by atoms with Gasteiger partial charge in [-0.2, -0.15) is 9.78 Å². The molecule has 20 heavy (non-hydrogen) atoms. The Labute approximate surface area is 123 Å². The Kier molecular flexibility index (Phi) is 7.63. The number of hydrogen-bond donors (Lipinski definition) is 1. The molecule has 0 radical (unpaired) electrons. The van der Waals surface area contributed by atoms with E-state index in [1.54, 1.807) is 6.92 Å². The molecule has 0 aliphatic heterocycles. The molecule has 0 heterocycles. The minimum atomic E-state index is -1.00. The van der Waals surface area contributed by atoms with E-state index in [2.05, 4.69) is 20.8 Å². The van der Waals surface area contributed by atoms with E-state index >= 15 is 0 Å². The zero-order chi connectivity index (χ0) is 16.0. The van der Waals surface area contributed by atoms with Crippen LogP contribution in [0, 0.1) is 5.41 Å². The first-order chi connectivity index (χ1) is 8.97. The Balaban J connectivity index is 4.38. The summed E-state index contributed by atoms with van der Waals surface area (Å²) in [6, 6.07) is 0. The van der Waals surface area contributed by atoms with Crippen molar-refractivity contribution in [2.75, 3.05) is 6.61 Å². The van der Waals surface area contributed by atoms with Gasteiger partial charge >= 0.3 is 0 Å². The molecule has 0 saturated heterocycles. The fraction of sp³-hybridized carbons (Fsp3) is 1.00. The third-order valence-corrected chi connectivity index (χ3v) is 3.84. The molecule has 2 unspecified atom stereocenters. The van der Waals surface area contributed by atoms with Crippen molar-refractivity contribution in [1.82, 2.24) is 0 Å². The molecule has 0 aliphatic rings. The van der Waals surface area contributed by atoms with Crippen LogP contribution in [0.15, 0.2) is 0 Å². The van der Waals surface area contributed by atoms with Crippen molar-refractivity contribution >= 4 is 0 Å². The van der Waals surface area contributed by atoms with E-state index in [1.807, 2.05) is 27.7 Å². The van der Waals surface area contributed by atoms with E-state index in [4.69, 9.17) is 19.6 Å². The average Bonchev–Trinajstić information content (AvgIpc) is 2.35. The quantitative estimate of drug-likeness (QED) is 0.400. The second-order valence-electron chi connectivity index (χ2n) is 6.84. The zero-order valence-electron chi connectivity index (χ0n) is 14.3. The maximum atomic E-state index is 9.42. The summed E-state index contributed by atoms with van der Waals surface area (Å²) in [5.74, 6) is -1.00. The maximum Gasteiger partial charge on any atom is 0.231 e. The molecule has 0 spiro atoms. The SMILES string of the molecule is CCC(O)COOC(C)(CC)OOC(C)(C)C(C)(C)C. The molecule has 122 valence electrons. The first-order valence-electron chi connectivity index (χ1n) is 7.33. The van der Waals surface area contributed by atoms with E-state index in [1.165, 1.54) is 0 Å². The molecule has 0 aromatic rings. The van der Waals surface area contributed by atoms with Gasteiger partial charge in [-0.3, -0.25) is 0 Å². The highest BCUT2D eigenvalue weighted by molar-refractivity contribution is 4.82. The summed E-state index contributed by atoms with van der Waals surface area (Å²) in [5.41, 5.74) is -0.559. The van der Waals surface area contributed by atoms with Crippen LogP contribution in [-0.4, -0.2) is 29.2 Å². The monoisotopic (exact) mass is 292 g/mol. The molecule has 0 fully saturated rings. The van der Waals surface area contributed by atoms with Crippen molar-refractivity contribution in [3.05, 3.63) is 0 Å². The van der Waals surface area contributed by atoms with Crippen molar-refractivity contribution in [2.24, 2.45) is 5.41 Å². The van der Waals surface area contributed by atoms with Crippen LogP contribution in [0.2, 0.25) is 0 Å². The van der Waals surface area contributed by atoms with E-state index < -0.39 is 17.5 Å². The Hall–Kier alpha value is -0.200. The van der Waals surface area contributed by atoms with Crippen LogP contribution in [0.25, 0.3) is 0 Å². The lowest BCUT2D eigenvalue weighted by atomic mass is 9.79. The summed E-state index contributed by atoms with van der Waals surface area (Å²) in [5, 5.41) is 9.42. The molecule has 0 amide bonds. The van der Waals surface area contributed by atoms with Gasteiger partial charge in [0, 0.05) is 6.42 Å². The van der Waals surface area contributed by atoms with Crippen LogP contribution in [0.3, 0.4) is 0 Å². The molecule has 0 rings (SSSR count). The van der Waals surface area contributed by atoms with Crippen molar-refractivity contribution in [3.63, 3.8) is 0 Å².